The number of anilines is 1. The van der Waals surface area contributed by atoms with Gasteiger partial charge in [-0.15, -0.1) is 0 Å². The van der Waals surface area contributed by atoms with Gasteiger partial charge in [0.25, 0.3) is 5.24 Å². The van der Waals surface area contributed by atoms with Gasteiger partial charge in [-0.1, -0.05) is 23.9 Å². The van der Waals surface area contributed by atoms with Gasteiger partial charge in [0, 0.05) is 5.69 Å². The van der Waals surface area contributed by atoms with Gasteiger partial charge in [-0.25, -0.2) is 4.79 Å². The highest BCUT2D eigenvalue weighted by atomic mass is 32.2. The van der Waals surface area contributed by atoms with E-state index in [1.807, 2.05) is 12.1 Å². The molecule has 1 aromatic rings. The molecule has 1 heterocycles. The number of hydrogen-bond donors (Lipinski definition) is 2. The quantitative estimate of drug-likeness (QED) is 0.894. The average Bonchev–Trinajstić information content (AvgIpc) is 2.68. The van der Waals surface area contributed by atoms with Crippen molar-refractivity contribution in [1.29, 1.82) is 0 Å². The second-order valence-electron chi connectivity index (χ2n) is 5.91. The van der Waals surface area contributed by atoms with Crippen molar-refractivity contribution in [3.63, 3.8) is 0 Å². The first-order valence-electron chi connectivity index (χ1n) is 6.83. The van der Waals surface area contributed by atoms with Crippen molar-refractivity contribution in [3.05, 3.63) is 29.8 Å². The van der Waals surface area contributed by atoms with Crippen LogP contribution < -0.4 is 10.6 Å². The number of thioether (sulfide) groups is 1. The summed E-state index contributed by atoms with van der Waals surface area (Å²) in [7, 11) is 0. The lowest BCUT2D eigenvalue weighted by Gasteiger charge is -2.19. The van der Waals surface area contributed by atoms with E-state index < -0.39 is 16.9 Å². The van der Waals surface area contributed by atoms with E-state index in [1.165, 1.54) is 0 Å². The third kappa shape index (κ3) is 4.77. The van der Waals surface area contributed by atoms with E-state index in [1.54, 1.807) is 32.9 Å². The molecule has 1 aliphatic rings. The third-order valence-electron chi connectivity index (χ3n) is 2.79. The summed E-state index contributed by atoms with van der Waals surface area (Å²) < 4.78 is 5.16. The molecule has 0 bridgehead atoms. The highest BCUT2D eigenvalue weighted by molar-refractivity contribution is 8.15. The second-order valence-corrected chi connectivity index (χ2v) is 7.09. The zero-order valence-electron chi connectivity index (χ0n) is 12.6. The maximum absolute atomic E-state index is 11.6. The molecule has 6 nitrogen and oxygen atoms in total. The first-order valence-corrected chi connectivity index (χ1v) is 7.71. The number of benzene rings is 1. The van der Waals surface area contributed by atoms with Crippen LogP contribution in [0.2, 0.25) is 0 Å². The first-order chi connectivity index (χ1) is 10.2. The molecule has 2 rings (SSSR count). The standard InChI is InChI=1S/C15H18N2O4S/c1-15(2,3)21-13(19)16-10-6-4-9(5-7-10)8-11-12(18)17-14(20)22-11/h4-7,11H,8H2,1-3H3,(H,16,19)(H,17,18,20). The molecule has 1 aliphatic heterocycles. The average molecular weight is 322 g/mol. The summed E-state index contributed by atoms with van der Waals surface area (Å²) in [5, 5.41) is 4.19. The van der Waals surface area contributed by atoms with Crippen LogP contribution in [0.3, 0.4) is 0 Å². The van der Waals surface area contributed by atoms with Gasteiger partial charge in [0.1, 0.15) is 5.60 Å². The van der Waals surface area contributed by atoms with Gasteiger partial charge in [0.05, 0.1) is 5.25 Å². The Kier molecular flexibility index (Phi) is 4.75. The van der Waals surface area contributed by atoms with E-state index in [0.29, 0.717) is 12.1 Å². The Balaban J connectivity index is 1.92. The fourth-order valence-corrected chi connectivity index (χ4v) is 2.75. The minimum absolute atomic E-state index is 0.258. The molecule has 0 spiro atoms. The van der Waals surface area contributed by atoms with Crippen molar-refractivity contribution >= 4 is 34.7 Å². The molecule has 22 heavy (non-hydrogen) atoms. The van der Waals surface area contributed by atoms with Gasteiger partial charge >= 0.3 is 6.09 Å². The number of nitrogens with one attached hydrogen (secondary N) is 2. The van der Waals surface area contributed by atoms with Crippen LogP contribution in [0.15, 0.2) is 24.3 Å². The Morgan fingerprint density at radius 1 is 1.27 bits per heavy atom. The predicted molar refractivity (Wildman–Crippen MR) is 84.9 cm³/mol. The smallest absolute Gasteiger partial charge is 0.412 e. The highest BCUT2D eigenvalue weighted by Gasteiger charge is 2.31. The lowest BCUT2D eigenvalue weighted by atomic mass is 10.1. The predicted octanol–water partition coefficient (Wildman–Crippen LogP) is 2.93. The van der Waals surface area contributed by atoms with Crippen LogP contribution in [0.5, 0.6) is 0 Å². The van der Waals surface area contributed by atoms with E-state index in [-0.39, 0.29) is 11.1 Å². The monoisotopic (exact) mass is 322 g/mol. The molecule has 0 aromatic heterocycles. The largest absolute Gasteiger partial charge is 0.444 e. The van der Waals surface area contributed by atoms with Crippen LogP contribution in [0.25, 0.3) is 0 Å². The molecule has 1 saturated heterocycles. The third-order valence-corrected chi connectivity index (χ3v) is 3.77. The normalized spacial score (nSPS) is 18.0. The van der Waals surface area contributed by atoms with Crippen LogP contribution in [0.1, 0.15) is 26.3 Å². The summed E-state index contributed by atoms with van der Waals surface area (Å²) in [6.07, 6.45) is -0.0498. The van der Waals surface area contributed by atoms with Crippen molar-refractivity contribution < 1.29 is 19.1 Å². The van der Waals surface area contributed by atoms with Crippen molar-refractivity contribution in [2.24, 2.45) is 0 Å². The summed E-state index contributed by atoms with van der Waals surface area (Å²) in [5.41, 5.74) is 0.971. The summed E-state index contributed by atoms with van der Waals surface area (Å²) in [4.78, 5) is 34.3. The Bertz CT molecular complexity index is 593. The number of hydrogen-bond acceptors (Lipinski definition) is 5. The summed E-state index contributed by atoms with van der Waals surface area (Å²) in [6, 6.07) is 7.09. The summed E-state index contributed by atoms with van der Waals surface area (Å²) in [6.45, 7) is 5.38. The maximum atomic E-state index is 11.6. The zero-order valence-corrected chi connectivity index (χ0v) is 13.5. The Hall–Kier alpha value is -2.02. The Labute approximate surface area is 133 Å². The van der Waals surface area contributed by atoms with Crippen molar-refractivity contribution in [3.8, 4) is 0 Å². The van der Waals surface area contributed by atoms with Crippen LogP contribution in [-0.2, 0) is 16.0 Å². The van der Waals surface area contributed by atoms with E-state index in [9.17, 15) is 14.4 Å². The molecule has 118 valence electrons. The molecule has 1 aromatic carbocycles. The number of carbonyl (C=O) groups excluding carboxylic acids is 3. The first kappa shape index (κ1) is 16.4. The molecule has 3 amide bonds. The Morgan fingerprint density at radius 3 is 2.41 bits per heavy atom. The molecule has 0 aliphatic carbocycles. The molecule has 1 atom stereocenters. The van der Waals surface area contributed by atoms with Gasteiger partial charge in [0.2, 0.25) is 5.91 Å². The van der Waals surface area contributed by atoms with E-state index in [2.05, 4.69) is 10.6 Å². The van der Waals surface area contributed by atoms with Crippen molar-refractivity contribution in [2.75, 3.05) is 5.32 Å². The van der Waals surface area contributed by atoms with Gasteiger partial charge in [0.15, 0.2) is 0 Å². The van der Waals surface area contributed by atoms with E-state index >= 15 is 0 Å². The number of ether oxygens (including phenoxy) is 1. The number of amides is 3. The molecular formula is C15H18N2O4S. The fraction of sp³-hybridized carbons (Fsp3) is 0.400. The van der Waals surface area contributed by atoms with Gasteiger partial charge in [-0.05, 0) is 44.9 Å². The molecular weight excluding hydrogens is 304 g/mol. The number of carbonyl (C=O) groups is 3. The molecule has 2 N–H and O–H groups in total. The summed E-state index contributed by atoms with van der Waals surface area (Å²) >= 11 is 1.00. The fourth-order valence-electron chi connectivity index (χ4n) is 1.89. The maximum Gasteiger partial charge on any atom is 0.412 e. The van der Waals surface area contributed by atoms with Crippen LogP contribution in [0, 0.1) is 0 Å². The van der Waals surface area contributed by atoms with Crippen LogP contribution in [-0.4, -0.2) is 28.1 Å². The van der Waals surface area contributed by atoms with Crippen LogP contribution >= 0.6 is 11.8 Å². The minimum Gasteiger partial charge on any atom is -0.444 e. The zero-order chi connectivity index (χ0) is 16.3. The van der Waals surface area contributed by atoms with Gasteiger partial charge < -0.3 is 4.74 Å². The van der Waals surface area contributed by atoms with Crippen molar-refractivity contribution in [1.82, 2.24) is 5.32 Å². The summed E-state index contributed by atoms with van der Waals surface area (Å²) in [5.74, 6) is -0.258. The lowest BCUT2D eigenvalue weighted by molar-refractivity contribution is -0.118. The number of rotatable bonds is 3. The molecule has 1 unspecified atom stereocenters. The highest BCUT2D eigenvalue weighted by Crippen LogP contribution is 2.23. The van der Waals surface area contributed by atoms with Gasteiger partial charge in [-0.2, -0.15) is 0 Å². The van der Waals surface area contributed by atoms with Crippen LogP contribution in [0.4, 0.5) is 15.3 Å². The van der Waals surface area contributed by atoms with Gasteiger partial charge in [-0.3, -0.25) is 20.2 Å². The van der Waals surface area contributed by atoms with Crippen molar-refractivity contribution in [2.45, 2.75) is 38.0 Å². The minimum atomic E-state index is -0.552. The van der Waals surface area contributed by atoms with E-state index in [0.717, 1.165) is 17.3 Å². The topological polar surface area (TPSA) is 84.5 Å². The lowest BCUT2D eigenvalue weighted by Crippen LogP contribution is -2.27. The second kappa shape index (κ2) is 6.39. The Morgan fingerprint density at radius 2 is 1.91 bits per heavy atom. The molecule has 1 fully saturated rings. The molecule has 7 heteroatoms. The van der Waals surface area contributed by atoms with E-state index in [4.69, 9.17) is 4.74 Å². The molecule has 0 saturated carbocycles. The SMILES string of the molecule is CC(C)(C)OC(=O)Nc1ccc(CC2SC(=O)NC2=O)cc1. The molecule has 0 radical (unpaired) electrons. The number of imide groups is 1.